The van der Waals surface area contributed by atoms with Crippen molar-refractivity contribution in [2.24, 2.45) is 0 Å². The van der Waals surface area contributed by atoms with E-state index in [0.717, 1.165) is 23.6 Å². The van der Waals surface area contributed by atoms with E-state index in [9.17, 15) is 0 Å². The molecule has 1 atom stereocenters. The Bertz CT molecular complexity index is 437. The van der Waals surface area contributed by atoms with Gasteiger partial charge < -0.3 is 26.6 Å². The number of halogens is 3. The van der Waals surface area contributed by atoms with E-state index in [0.29, 0.717) is 11.1 Å². The van der Waals surface area contributed by atoms with Crippen molar-refractivity contribution in [2.45, 2.75) is 25.3 Å². The third kappa shape index (κ3) is 2.79. The lowest BCUT2D eigenvalue weighted by Crippen LogP contribution is -3.06. The molecule has 0 aliphatic heterocycles. The van der Waals surface area contributed by atoms with Gasteiger partial charge in [-0.1, -0.05) is 23.2 Å². The zero-order chi connectivity index (χ0) is 12.6. The first-order valence-corrected chi connectivity index (χ1v) is 6.66. The monoisotopic (exact) mass is 353 g/mol. The van der Waals surface area contributed by atoms with Crippen molar-refractivity contribution in [1.29, 1.82) is 0 Å². The van der Waals surface area contributed by atoms with Gasteiger partial charge >= 0.3 is 0 Å². The molecule has 0 aromatic heterocycles. The quantitative estimate of drug-likeness (QED) is 0.758. The van der Waals surface area contributed by atoms with Crippen LogP contribution in [0.1, 0.15) is 30.0 Å². The van der Waals surface area contributed by atoms with Crippen LogP contribution in [0.2, 0.25) is 10.0 Å². The molecular weight excluding hydrogens is 337 g/mol. The summed E-state index contributed by atoms with van der Waals surface area (Å²) in [5.41, 5.74) is 2.42. The summed E-state index contributed by atoms with van der Waals surface area (Å²) in [7, 11) is 6.00. The van der Waals surface area contributed by atoms with Gasteiger partial charge in [0.25, 0.3) is 0 Å². The molecule has 2 rings (SSSR count). The van der Waals surface area contributed by atoms with E-state index >= 15 is 0 Å². The molecule has 5 heteroatoms. The van der Waals surface area contributed by atoms with Crippen LogP contribution in [0.4, 0.5) is 0 Å². The molecule has 1 N–H and O–H groups in total. The van der Waals surface area contributed by atoms with Gasteiger partial charge in [-0.05, 0) is 18.9 Å². The number of ether oxygens (including phenoxy) is 1. The molecule has 0 spiro atoms. The number of quaternary nitrogens is 1. The highest BCUT2D eigenvalue weighted by molar-refractivity contribution is 6.36. The zero-order valence-electron chi connectivity index (χ0n) is 10.8. The molecule has 0 radical (unpaired) electrons. The molecule has 1 aromatic rings. The largest absolute Gasteiger partial charge is 1.00 e. The number of rotatable bonds is 2. The molecule has 102 valence electrons. The van der Waals surface area contributed by atoms with E-state index < -0.39 is 0 Å². The SMILES string of the molecule is COc1c(Cl)cc(Cl)c2c1CCCC2[NH+](C)C.[Br-]. The molecule has 0 heterocycles. The van der Waals surface area contributed by atoms with E-state index in [4.69, 9.17) is 27.9 Å². The van der Waals surface area contributed by atoms with Crippen LogP contribution in [-0.4, -0.2) is 21.2 Å². The van der Waals surface area contributed by atoms with Crippen LogP contribution < -0.4 is 26.6 Å². The normalized spacial score (nSPS) is 18.2. The van der Waals surface area contributed by atoms with Gasteiger partial charge in [-0.25, -0.2) is 0 Å². The maximum absolute atomic E-state index is 6.36. The Hall–Kier alpha value is 0.0400. The first-order chi connectivity index (χ1) is 8.06. The topological polar surface area (TPSA) is 13.7 Å². The lowest BCUT2D eigenvalue weighted by atomic mass is 9.86. The van der Waals surface area contributed by atoms with E-state index in [1.54, 1.807) is 7.11 Å². The maximum Gasteiger partial charge on any atom is 0.141 e. The van der Waals surface area contributed by atoms with Gasteiger partial charge in [-0.15, -0.1) is 0 Å². The Balaban J connectivity index is 0.00000162. The van der Waals surface area contributed by atoms with Crippen LogP contribution in [0.25, 0.3) is 0 Å². The third-order valence-electron chi connectivity index (χ3n) is 3.50. The number of hydrogen-bond acceptors (Lipinski definition) is 1. The number of hydrogen-bond donors (Lipinski definition) is 1. The van der Waals surface area contributed by atoms with Gasteiger partial charge in [0.1, 0.15) is 11.8 Å². The molecule has 0 saturated carbocycles. The molecule has 0 fully saturated rings. The molecule has 0 saturated heterocycles. The Morgan fingerprint density at radius 2 is 1.94 bits per heavy atom. The van der Waals surface area contributed by atoms with Crippen molar-refractivity contribution in [3.8, 4) is 5.75 Å². The number of benzene rings is 1. The predicted octanol–water partition coefficient (Wildman–Crippen LogP) is -0.472. The third-order valence-corrected chi connectivity index (χ3v) is 4.09. The van der Waals surface area contributed by atoms with Crippen molar-refractivity contribution < 1.29 is 26.6 Å². The fourth-order valence-corrected chi connectivity index (χ4v) is 3.43. The van der Waals surface area contributed by atoms with E-state index in [2.05, 4.69) is 14.1 Å². The van der Waals surface area contributed by atoms with Crippen LogP contribution in [0.5, 0.6) is 5.75 Å². The van der Waals surface area contributed by atoms with Gasteiger partial charge in [-0.3, -0.25) is 0 Å². The van der Waals surface area contributed by atoms with Crippen molar-refractivity contribution >= 4 is 23.2 Å². The summed E-state index contributed by atoms with van der Waals surface area (Å²) in [5.74, 6) is 0.803. The minimum atomic E-state index is 0. The van der Waals surface area contributed by atoms with Crippen molar-refractivity contribution in [3.05, 3.63) is 27.2 Å². The van der Waals surface area contributed by atoms with Gasteiger partial charge in [-0.2, -0.15) is 0 Å². The summed E-state index contributed by atoms with van der Waals surface area (Å²) in [6, 6.07) is 2.25. The highest BCUT2D eigenvalue weighted by atomic mass is 79.9. The number of nitrogens with one attached hydrogen (secondary N) is 1. The van der Waals surface area contributed by atoms with E-state index in [1.807, 2.05) is 6.07 Å². The molecular formula is C13H18BrCl2NO. The van der Waals surface area contributed by atoms with Crippen LogP contribution in [0.15, 0.2) is 6.07 Å². The Morgan fingerprint density at radius 3 is 2.50 bits per heavy atom. The van der Waals surface area contributed by atoms with Crippen molar-refractivity contribution in [2.75, 3.05) is 21.2 Å². The first-order valence-electron chi connectivity index (χ1n) is 5.91. The lowest BCUT2D eigenvalue weighted by molar-refractivity contribution is -0.893. The molecule has 1 unspecified atom stereocenters. The van der Waals surface area contributed by atoms with E-state index in [-0.39, 0.29) is 17.0 Å². The first kappa shape index (κ1) is 16.1. The standard InChI is InChI=1S/C13H17Cl2NO.BrH/c1-16(2)11-6-4-5-8-12(11)9(14)7-10(15)13(8)17-3;/h7,11H,4-6H2,1-3H3;1H. The number of fused-ring (bicyclic) bond motifs is 1. The summed E-state index contributed by atoms with van der Waals surface area (Å²) in [5, 5.41) is 1.39. The maximum atomic E-state index is 6.36. The molecule has 1 aromatic carbocycles. The molecule has 0 bridgehead atoms. The van der Waals surface area contributed by atoms with Crippen LogP contribution >= 0.6 is 23.2 Å². The molecule has 18 heavy (non-hydrogen) atoms. The molecule has 0 amide bonds. The van der Waals surface area contributed by atoms with Crippen molar-refractivity contribution in [3.63, 3.8) is 0 Å². The van der Waals surface area contributed by atoms with Gasteiger partial charge in [0.2, 0.25) is 0 Å². The second-order valence-electron chi connectivity index (χ2n) is 4.79. The second-order valence-corrected chi connectivity index (χ2v) is 5.60. The van der Waals surface area contributed by atoms with Crippen LogP contribution in [-0.2, 0) is 6.42 Å². The van der Waals surface area contributed by atoms with Gasteiger partial charge in [0.05, 0.1) is 31.3 Å². The summed E-state index contributed by atoms with van der Waals surface area (Å²) >= 11 is 12.5. The minimum Gasteiger partial charge on any atom is -1.00 e. The molecule has 1 aliphatic carbocycles. The Morgan fingerprint density at radius 1 is 1.28 bits per heavy atom. The fraction of sp³-hybridized carbons (Fsp3) is 0.538. The Kier molecular flexibility index (Phi) is 5.78. The Labute approximate surface area is 129 Å². The van der Waals surface area contributed by atoms with E-state index in [1.165, 1.54) is 22.4 Å². The fourth-order valence-electron chi connectivity index (χ4n) is 2.72. The van der Waals surface area contributed by atoms with Crippen LogP contribution in [0, 0.1) is 0 Å². The zero-order valence-corrected chi connectivity index (χ0v) is 13.9. The minimum absolute atomic E-state index is 0. The average Bonchev–Trinajstić information content (AvgIpc) is 2.28. The summed E-state index contributed by atoms with van der Waals surface area (Å²) in [6.45, 7) is 0. The molecule has 1 aliphatic rings. The summed E-state index contributed by atoms with van der Waals surface area (Å²) in [4.78, 5) is 1.40. The van der Waals surface area contributed by atoms with Crippen molar-refractivity contribution in [1.82, 2.24) is 0 Å². The van der Waals surface area contributed by atoms with Gasteiger partial charge in [0.15, 0.2) is 0 Å². The predicted molar refractivity (Wildman–Crippen MR) is 71.5 cm³/mol. The summed E-state index contributed by atoms with van der Waals surface area (Å²) < 4.78 is 5.43. The highest BCUT2D eigenvalue weighted by Crippen LogP contribution is 2.42. The lowest BCUT2D eigenvalue weighted by Gasteiger charge is -2.30. The highest BCUT2D eigenvalue weighted by Gasteiger charge is 2.30. The number of methoxy groups -OCH3 is 1. The second kappa shape index (κ2) is 6.47. The average molecular weight is 355 g/mol. The summed E-state index contributed by atoms with van der Waals surface area (Å²) in [6.07, 6.45) is 3.33. The smallest absolute Gasteiger partial charge is 0.141 e. The van der Waals surface area contributed by atoms with Crippen LogP contribution in [0.3, 0.4) is 0 Å². The molecule has 2 nitrogen and oxygen atoms in total. The van der Waals surface area contributed by atoms with Gasteiger partial charge in [0, 0.05) is 17.5 Å².